The topological polar surface area (TPSA) is 0 Å². The molecule has 0 aromatic heterocycles. The lowest BCUT2D eigenvalue weighted by atomic mass is 10.0. The van der Waals surface area contributed by atoms with E-state index in [4.69, 9.17) is 11.6 Å². The van der Waals surface area contributed by atoms with Gasteiger partial charge in [0.15, 0.2) is 0 Å². The van der Waals surface area contributed by atoms with Crippen molar-refractivity contribution in [2.24, 2.45) is 0 Å². The SMILES string of the molecule is Fc1ccc(Br)cc1CC1=CC(Cl)CCCC1. The van der Waals surface area contributed by atoms with Crippen LogP contribution in [0.25, 0.3) is 0 Å². The average molecular weight is 318 g/mol. The Morgan fingerprint density at radius 1 is 1.35 bits per heavy atom. The third-order valence-corrected chi connectivity index (χ3v) is 3.91. The molecule has 1 unspecified atom stereocenters. The van der Waals surface area contributed by atoms with Crippen molar-refractivity contribution in [3.63, 3.8) is 0 Å². The van der Waals surface area contributed by atoms with Crippen LogP contribution in [0.4, 0.5) is 4.39 Å². The molecule has 0 bridgehead atoms. The summed E-state index contributed by atoms with van der Waals surface area (Å²) in [5.41, 5.74) is 2.01. The van der Waals surface area contributed by atoms with Crippen molar-refractivity contribution in [2.45, 2.75) is 37.5 Å². The van der Waals surface area contributed by atoms with E-state index in [-0.39, 0.29) is 11.2 Å². The van der Waals surface area contributed by atoms with E-state index in [0.29, 0.717) is 6.42 Å². The predicted octanol–water partition coefficient (Wildman–Crippen LogP) is 5.24. The summed E-state index contributed by atoms with van der Waals surface area (Å²) in [6.45, 7) is 0. The van der Waals surface area contributed by atoms with Crippen molar-refractivity contribution in [1.29, 1.82) is 0 Å². The summed E-state index contributed by atoms with van der Waals surface area (Å²) in [5, 5.41) is 0.114. The smallest absolute Gasteiger partial charge is 0.126 e. The summed E-state index contributed by atoms with van der Waals surface area (Å²) >= 11 is 9.55. The fraction of sp³-hybridized carbons (Fsp3) is 0.429. The minimum absolute atomic E-state index is 0.114. The Balaban J connectivity index is 2.16. The molecule has 1 aliphatic rings. The summed E-state index contributed by atoms with van der Waals surface area (Å²) in [4.78, 5) is 0. The van der Waals surface area contributed by atoms with E-state index in [1.165, 1.54) is 11.6 Å². The normalized spacial score (nSPS) is 20.9. The quantitative estimate of drug-likeness (QED) is 0.517. The molecular formula is C14H15BrClF. The minimum atomic E-state index is -0.135. The van der Waals surface area contributed by atoms with Gasteiger partial charge in [-0.05, 0) is 49.4 Å². The second kappa shape index (κ2) is 6.01. The first kappa shape index (κ1) is 13.1. The van der Waals surface area contributed by atoms with Crippen LogP contribution in [0.1, 0.15) is 31.2 Å². The van der Waals surface area contributed by atoms with E-state index in [2.05, 4.69) is 22.0 Å². The Labute approximate surface area is 115 Å². The highest BCUT2D eigenvalue weighted by atomic mass is 79.9. The van der Waals surface area contributed by atoms with Gasteiger partial charge in [-0.15, -0.1) is 11.6 Å². The zero-order valence-corrected chi connectivity index (χ0v) is 11.9. The van der Waals surface area contributed by atoms with Gasteiger partial charge in [-0.2, -0.15) is 0 Å². The molecule has 1 aliphatic carbocycles. The maximum atomic E-state index is 13.6. The highest BCUT2D eigenvalue weighted by molar-refractivity contribution is 9.10. The number of hydrogen-bond donors (Lipinski definition) is 0. The molecule has 0 aliphatic heterocycles. The first-order valence-electron chi connectivity index (χ1n) is 5.93. The molecular weight excluding hydrogens is 303 g/mol. The van der Waals surface area contributed by atoms with Crippen LogP contribution in [0.5, 0.6) is 0 Å². The molecule has 0 nitrogen and oxygen atoms in total. The monoisotopic (exact) mass is 316 g/mol. The van der Waals surface area contributed by atoms with E-state index >= 15 is 0 Å². The van der Waals surface area contributed by atoms with Gasteiger partial charge < -0.3 is 0 Å². The Hall–Kier alpha value is -0.340. The molecule has 1 atom stereocenters. The van der Waals surface area contributed by atoms with Gasteiger partial charge in [0.25, 0.3) is 0 Å². The Morgan fingerprint density at radius 2 is 2.18 bits per heavy atom. The molecule has 0 heterocycles. The van der Waals surface area contributed by atoms with Crippen LogP contribution in [-0.2, 0) is 6.42 Å². The number of alkyl halides is 1. The molecule has 0 saturated carbocycles. The third kappa shape index (κ3) is 3.82. The molecule has 3 heteroatoms. The van der Waals surface area contributed by atoms with E-state index in [1.807, 2.05) is 6.07 Å². The number of rotatable bonds is 2. The van der Waals surface area contributed by atoms with Gasteiger partial charge >= 0.3 is 0 Å². The Kier molecular flexibility index (Phi) is 4.63. The average Bonchev–Trinajstić information content (AvgIpc) is 2.48. The summed E-state index contributed by atoms with van der Waals surface area (Å²) in [7, 11) is 0. The fourth-order valence-corrected chi connectivity index (χ4v) is 2.93. The number of benzene rings is 1. The Morgan fingerprint density at radius 3 is 3.00 bits per heavy atom. The standard InChI is InChI=1S/C14H15BrClF/c15-12-5-6-14(17)11(9-12)7-10-3-1-2-4-13(16)8-10/h5-6,8-9,13H,1-4,7H2. The second-order valence-corrected chi connectivity index (χ2v) is 5.98. The molecule has 1 aromatic rings. The molecule has 1 aromatic carbocycles. The van der Waals surface area contributed by atoms with Crippen molar-refractivity contribution < 1.29 is 4.39 Å². The zero-order chi connectivity index (χ0) is 12.3. The molecule has 0 saturated heterocycles. The van der Waals surface area contributed by atoms with E-state index in [0.717, 1.165) is 35.7 Å². The van der Waals surface area contributed by atoms with E-state index < -0.39 is 0 Å². The number of halogens is 3. The summed E-state index contributed by atoms with van der Waals surface area (Å²) in [5.74, 6) is -0.135. The van der Waals surface area contributed by atoms with Gasteiger partial charge in [-0.3, -0.25) is 0 Å². The molecule has 0 spiro atoms. The zero-order valence-electron chi connectivity index (χ0n) is 9.56. The summed E-state index contributed by atoms with van der Waals surface area (Å²) in [6.07, 6.45) is 7.17. The molecule has 0 N–H and O–H groups in total. The van der Waals surface area contributed by atoms with Crippen LogP contribution in [0.2, 0.25) is 0 Å². The van der Waals surface area contributed by atoms with Gasteiger partial charge in [0.1, 0.15) is 5.82 Å². The third-order valence-electron chi connectivity index (χ3n) is 3.07. The molecule has 0 fully saturated rings. The molecule has 0 amide bonds. The van der Waals surface area contributed by atoms with Crippen LogP contribution in [0.15, 0.2) is 34.3 Å². The lowest BCUT2D eigenvalue weighted by Crippen LogP contribution is -1.97. The van der Waals surface area contributed by atoms with Gasteiger partial charge in [-0.25, -0.2) is 4.39 Å². The van der Waals surface area contributed by atoms with Gasteiger partial charge in [0, 0.05) is 4.47 Å². The molecule has 2 rings (SSSR count). The van der Waals surface area contributed by atoms with Crippen molar-refractivity contribution in [1.82, 2.24) is 0 Å². The van der Waals surface area contributed by atoms with Crippen molar-refractivity contribution in [3.8, 4) is 0 Å². The lowest BCUT2D eigenvalue weighted by Gasteiger charge is -2.08. The van der Waals surface area contributed by atoms with Crippen molar-refractivity contribution in [3.05, 3.63) is 45.7 Å². The first-order chi connectivity index (χ1) is 8.15. The van der Waals surface area contributed by atoms with Crippen molar-refractivity contribution in [2.75, 3.05) is 0 Å². The molecule has 17 heavy (non-hydrogen) atoms. The van der Waals surface area contributed by atoms with Crippen LogP contribution in [0.3, 0.4) is 0 Å². The van der Waals surface area contributed by atoms with Crippen LogP contribution >= 0.6 is 27.5 Å². The molecule has 92 valence electrons. The first-order valence-corrected chi connectivity index (χ1v) is 7.15. The maximum Gasteiger partial charge on any atom is 0.126 e. The summed E-state index contributed by atoms with van der Waals surface area (Å²) in [6, 6.07) is 5.09. The summed E-state index contributed by atoms with van der Waals surface area (Å²) < 4.78 is 14.6. The van der Waals surface area contributed by atoms with Gasteiger partial charge in [0.05, 0.1) is 5.38 Å². The lowest BCUT2D eigenvalue weighted by molar-refractivity contribution is 0.611. The van der Waals surface area contributed by atoms with Crippen molar-refractivity contribution >= 4 is 27.5 Å². The fourth-order valence-electron chi connectivity index (χ4n) is 2.18. The highest BCUT2D eigenvalue weighted by Gasteiger charge is 2.12. The van der Waals surface area contributed by atoms with Gasteiger partial charge in [-0.1, -0.05) is 34.0 Å². The maximum absolute atomic E-state index is 13.6. The van der Waals surface area contributed by atoms with E-state index in [1.54, 1.807) is 6.07 Å². The number of allylic oxidation sites excluding steroid dienone is 2. The number of hydrogen-bond acceptors (Lipinski definition) is 0. The Bertz CT molecular complexity index is 428. The highest BCUT2D eigenvalue weighted by Crippen LogP contribution is 2.25. The van der Waals surface area contributed by atoms with Crippen LogP contribution < -0.4 is 0 Å². The second-order valence-electron chi connectivity index (χ2n) is 4.50. The van der Waals surface area contributed by atoms with Crippen LogP contribution in [0, 0.1) is 5.82 Å². The van der Waals surface area contributed by atoms with Gasteiger partial charge in [0.2, 0.25) is 0 Å². The van der Waals surface area contributed by atoms with E-state index in [9.17, 15) is 4.39 Å². The minimum Gasteiger partial charge on any atom is -0.207 e. The van der Waals surface area contributed by atoms with Crippen LogP contribution in [-0.4, -0.2) is 5.38 Å². The predicted molar refractivity (Wildman–Crippen MR) is 74.0 cm³/mol. The largest absolute Gasteiger partial charge is 0.207 e. The molecule has 0 radical (unpaired) electrons.